The molecule has 0 aliphatic heterocycles. The molecule has 0 radical (unpaired) electrons. The number of hydrogen-bond acceptors (Lipinski definition) is 3. The molecule has 0 saturated heterocycles. The van der Waals surface area contributed by atoms with Crippen molar-refractivity contribution in [1.82, 2.24) is 16.0 Å². The van der Waals surface area contributed by atoms with Crippen LogP contribution in [0.2, 0.25) is 0 Å². The third-order valence-corrected chi connectivity index (χ3v) is 4.19. The van der Waals surface area contributed by atoms with Crippen LogP contribution in [-0.2, 0) is 16.0 Å². The van der Waals surface area contributed by atoms with Crippen LogP contribution in [0.25, 0.3) is 0 Å². The third kappa shape index (κ3) is 7.41. The maximum atomic E-state index is 12.9. The van der Waals surface area contributed by atoms with Crippen molar-refractivity contribution in [2.45, 2.75) is 51.7 Å². The van der Waals surface area contributed by atoms with Crippen LogP contribution in [0.3, 0.4) is 0 Å². The van der Waals surface area contributed by atoms with E-state index in [1.54, 1.807) is 31.2 Å². The fourth-order valence-corrected chi connectivity index (χ4v) is 2.75. The second-order valence-corrected chi connectivity index (χ2v) is 8.05. The molecular formula is C23H29N3O3. The molecule has 2 unspecified atom stereocenters. The smallest absolute Gasteiger partial charge is 0.251 e. The van der Waals surface area contributed by atoms with E-state index in [4.69, 9.17) is 0 Å². The molecule has 154 valence electrons. The molecule has 2 rings (SSSR count). The molecule has 0 saturated carbocycles. The zero-order valence-corrected chi connectivity index (χ0v) is 17.4. The number of carbonyl (C=O) groups excluding carboxylic acids is 3. The largest absolute Gasteiger partial charge is 0.350 e. The van der Waals surface area contributed by atoms with Gasteiger partial charge in [0.2, 0.25) is 11.8 Å². The zero-order chi connectivity index (χ0) is 21.4. The summed E-state index contributed by atoms with van der Waals surface area (Å²) in [6.07, 6.45) is 0.318. The van der Waals surface area contributed by atoms with Crippen molar-refractivity contribution in [2.24, 2.45) is 0 Å². The molecule has 6 nitrogen and oxygen atoms in total. The van der Waals surface area contributed by atoms with Gasteiger partial charge in [-0.2, -0.15) is 0 Å². The fraction of sp³-hybridized carbons (Fsp3) is 0.348. The predicted molar refractivity (Wildman–Crippen MR) is 113 cm³/mol. The highest BCUT2D eigenvalue weighted by molar-refractivity contribution is 5.98. The van der Waals surface area contributed by atoms with Crippen molar-refractivity contribution < 1.29 is 14.4 Å². The third-order valence-electron chi connectivity index (χ3n) is 4.19. The summed E-state index contributed by atoms with van der Waals surface area (Å²) in [6, 6.07) is 16.6. The maximum absolute atomic E-state index is 12.9. The highest BCUT2D eigenvalue weighted by atomic mass is 16.2. The summed E-state index contributed by atoms with van der Waals surface area (Å²) in [4.78, 5) is 37.8. The average Bonchev–Trinajstić information content (AvgIpc) is 2.67. The molecular weight excluding hydrogens is 366 g/mol. The molecule has 0 aliphatic rings. The Hall–Kier alpha value is -3.15. The van der Waals surface area contributed by atoms with Crippen molar-refractivity contribution in [1.29, 1.82) is 0 Å². The van der Waals surface area contributed by atoms with E-state index in [1.807, 2.05) is 57.2 Å². The molecule has 0 spiro atoms. The lowest BCUT2D eigenvalue weighted by molar-refractivity contribution is -0.130. The molecule has 0 bridgehead atoms. The normalized spacial score (nSPS) is 13.1. The average molecular weight is 396 g/mol. The van der Waals surface area contributed by atoms with Crippen LogP contribution >= 0.6 is 0 Å². The Labute approximate surface area is 172 Å². The van der Waals surface area contributed by atoms with Gasteiger partial charge >= 0.3 is 0 Å². The lowest BCUT2D eigenvalue weighted by atomic mass is 10.0. The van der Waals surface area contributed by atoms with Crippen molar-refractivity contribution in [3.8, 4) is 0 Å². The Bertz CT molecular complexity index is 829. The molecule has 2 aromatic carbocycles. The fourth-order valence-electron chi connectivity index (χ4n) is 2.75. The molecule has 3 N–H and O–H groups in total. The number of carbonyl (C=O) groups is 3. The molecule has 0 fully saturated rings. The van der Waals surface area contributed by atoms with Gasteiger partial charge in [0.05, 0.1) is 0 Å². The second-order valence-electron chi connectivity index (χ2n) is 8.05. The Morgan fingerprint density at radius 3 is 1.93 bits per heavy atom. The first kappa shape index (κ1) is 22.1. The van der Waals surface area contributed by atoms with Gasteiger partial charge in [-0.3, -0.25) is 14.4 Å². The Morgan fingerprint density at radius 1 is 0.828 bits per heavy atom. The monoisotopic (exact) mass is 395 g/mol. The van der Waals surface area contributed by atoms with Crippen LogP contribution in [0.4, 0.5) is 0 Å². The van der Waals surface area contributed by atoms with Gasteiger partial charge in [0.1, 0.15) is 12.1 Å². The van der Waals surface area contributed by atoms with E-state index < -0.39 is 23.5 Å². The van der Waals surface area contributed by atoms with E-state index in [-0.39, 0.29) is 11.8 Å². The molecule has 2 atom stereocenters. The molecule has 6 heteroatoms. The summed E-state index contributed by atoms with van der Waals surface area (Å²) in [6.45, 7) is 7.24. The van der Waals surface area contributed by atoms with Gasteiger partial charge in [0, 0.05) is 17.5 Å². The summed E-state index contributed by atoms with van der Waals surface area (Å²) in [7, 11) is 0. The molecule has 3 amide bonds. The van der Waals surface area contributed by atoms with Crippen molar-refractivity contribution in [3.63, 3.8) is 0 Å². The number of benzene rings is 2. The predicted octanol–water partition coefficient (Wildman–Crippen LogP) is 2.45. The van der Waals surface area contributed by atoms with Gasteiger partial charge in [-0.05, 0) is 45.4 Å². The first-order valence-corrected chi connectivity index (χ1v) is 9.68. The van der Waals surface area contributed by atoms with E-state index >= 15 is 0 Å². The first-order valence-electron chi connectivity index (χ1n) is 9.68. The van der Waals surface area contributed by atoms with Crippen LogP contribution in [0.15, 0.2) is 60.7 Å². The SMILES string of the molecule is CC(NC(=O)C(Cc1ccccc1)NC(=O)c1ccccc1)C(=O)NC(C)(C)C. The molecule has 0 aromatic heterocycles. The van der Waals surface area contributed by atoms with Gasteiger partial charge in [-0.1, -0.05) is 48.5 Å². The van der Waals surface area contributed by atoms with E-state index in [0.29, 0.717) is 12.0 Å². The van der Waals surface area contributed by atoms with Gasteiger partial charge in [0.15, 0.2) is 0 Å². The zero-order valence-electron chi connectivity index (χ0n) is 17.4. The maximum Gasteiger partial charge on any atom is 0.251 e. The number of nitrogens with one attached hydrogen (secondary N) is 3. The van der Waals surface area contributed by atoms with Gasteiger partial charge in [-0.15, -0.1) is 0 Å². The van der Waals surface area contributed by atoms with E-state index in [2.05, 4.69) is 16.0 Å². The lowest BCUT2D eigenvalue weighted by Gasteiger charge is -2.25. The first-order chi connectivity index (χ1) is 13.7. The number of rotatable bonds is 7. The van der Waals surface area contributed by atoms with Crippen molar-refractivity contribution in [3.05, 3.63) is 71.8 Å². The Balaban J connectivity index is 2.12. The van der Waals surface area contributed by atoms with Gasteiger partial charge in [-0.25, -0.2) is 0 Å². The minimum Gasteiger partial charge on any atom is -0.350 e. The molecule has 29 heavy (non-hydrogen) atoms. The van der Waals surface area contributed by atoms with Gasteiger partial charge in [0.25, 0.3) is 5.91 Å². The Kier molecular flexibility index (Phi) is 7.53. The molecule has 0 aliphatic carbocycles. The Morgan fingerprint density at radius 2 is 1.38 bits per heavy atom. The van der Waals surface area contributed by atoms with Crippen molar-refractivity contribution in [2.75, 3.05) is 0 Å². The summed E-state index contributed by atoms with van der Waals surface area (Å²) in [5.74, 6) is -1.03. The van der Waals surface area contributed by atoms with Crippen LogP contribution in [0.5, 0.6) is 0 Å². The standard InChI is InChI=1S/C23H29N3O3/c1-16(20(27)26-23(2,3)4)24-22(29)19(15-17-11-7-5-8-12-17)25-21(28)18-13-9-6-10-14-18/h5-14,16,19H,15H2,1-4H3,(H,24,29)(H,25,28)(H,26,27). The van der Waals surface area contributed by atoms with Crippen molar-refractivity contribution >= 4 is 17.7 Å². The topological polar surface area (TPSA) is 87.3 Å². The molecule has 0 heterocycles. The lowest BCUT2D eigenvalue weighted by Crippen LogP contribution is -2.55. The summed E-state index contributed by atoms with van der Waals surface area (Å²) >= 11 is 0. The summed E-state index contributed by atoms with van der Waals surface area (Å²) in [5, 5.41) is 8.34. The summed E-state index contributed by atoms with van der Waals surface area (Å²) in [5.41, 5.74) is 0.978. The second kappa shape index (κ2) is 9.87. The number of hydrogen-bond donors (Lipinski definition) is 3. The van der Waals surface area contributed by atoms with Gasteiger partial charge < -0.3 is 16.0 Å². The minimum atomic E-state index is -0.810. The van der Waals surface area contributed by atoms with Crippen LogP contribution in [0, 0.1) is 0 Å². The van der Waals surface area contributed by atoms with E-state index in [9.17, 15) is 14.4 Å². The summed E-state index contributed by atoms with van der Waals surface area (Å²) < 4.78 is 0. The highest BCUT2D eigenvalue weighted by Crippen LogP contribution is 2.07. The number of amides is 3. The van der Waals surface area contributed by atoms with Crippen LogP contribution in [-0.4, -0.2) is 35.3 Å². The van der Waals surface area contributed by atoms with E-state index in [1.165, 1.54) is 0 Å². The quantitative estimate of drug-likeness (QED) is 0.673. The van der Waals surface area contributed by atoms with Crippen LogP contribution in [0.1, 0.15) is 43.6 Å². The van der Waals surface area contributed by atoms with Crippen LogP contribution < -0.4 is 16.0 Å². The van der Waals surface area contributed by atoms with E-state index in [0.717, 1.165) is 5.56 Å². The molecule has 2 aromatic rings. The highest BCUT2D eigenvalue weighted by Gasteiger charge is 2.26. The minimum absolute atomic E-state index is 0.279.